The number of amides is 1. The molecule has 0 saturated carbocycles. The number of nitrogens with zero attached hydrogens (tertiary/aromatic N) is 1. The van der Waals surface area contributed by atoms with Crippen molar-refractivity contribution in [3.05, 3.63) is 41.5 Å². The molecule has 2 aromatic rings. The predicted molar refractivity (Wildman–Crippen MR) is 79.3 cm³/mol. The number of hydrogen-bond acceptors (Lipinski definition) is 3. The summed E-state index contributed by atoms with van der Waals surface area (Å²) in [6.45, 7) is 4.98. The maximum atomic E-state index is 12.1. The van der Waals surface area contributed by atoms with E-state index in [-0.39, 0.29) is 5.91 Å². The number of nitrogens with one attached hydrogen (secondary N) is 1. The van der Waals surface area contributed by atoms with Gasteiger partial charge >= 0.3 is 0 Å². The summed E-state index contributed by atoms with van der Waals surface area (Å²) in [6.07, 6.45) is 0.983. The largest absolute Gasteiger partial charge is 0.351 e. The van der Waals surface area contributed by atoms with Crippen LogP contribution < -0.4 is 5.32 Å². The molecule has 0 atom stereocenters. The summed E-state index contributed by atoms with van der Waals surface area (Å²) in [5, 5.41) is 2.93. The molecule has 1 aromatic carbocycles. The average Bonchev–Trinajstić information content (AvgIpc) is 2.88. The highest BCUT2D eigenvalue weighted by atomic mass is 32.1. The zero-order valence-corrected chi connectivity index (χ0v) is 12.0. The zero-order chi connectivity index (χ0) is 13.7. The molecule has 1 aromatic heterocycles. The van der Waals surface area contributed by atoms with Gasteiger partial charge in [0, 0.05) is 6.54 Å². The Bertz CT molecular complexity index is 534. The molecule has 0 saturated heterocycles. The van der Waals surface area contributed by atoms with Gasteiger partial charge in [0.05, 0.1) is 10.4 Å². The molecule has 4 heteroatoms. The van der Waals surface area contributed by atoms with E-state index in [4.69, 9.17) is 0 Å². The number of thiazole rings is 1. The molecule has 2 rings (SSSR count). The van der Waals surface area contributed by atoms with Crippen molar-refractivity contribution in [2.45, 2.75) is 20.3 Å². The van der Waals surface area contributed by atoms with E-state index in [2.05, 4.69) is 24.1 Å². The van der Waals surface area contributed by atoms with E-state index in [0.29, 0.717) is 18.2 Å². The predicted octanol–water partition coefficient (Wildman–Crippen LogP) is 3.59. The molecular weight excluding hydrogens is 256 g/mol. The van der Waals surface area contributed by atoms with Gasteiger partial charge in [-0.15, -0.1) is 11.3 Å². The van der Waals surface area contributed by atoms with Crippen LogP contribution >= 0.6 is 11.3 Å². The molecule has 0 aliphatic rings. The smallest absolute Gasteiger partial charge is 0.271 e. The third-order valence-electron chi connectivity index (χ3n) is 2.83. The second-order valence-electron chi connectivity index (χ2n) is 4.83. The van der Waals surface area contributed by atoms with Crippen LogP contribution in [0.3, 0.4) is 0 Å². The molecule has 3 nitrogen and oxygen atoms in total. The Hall–Kier alpha value is -1.68. The van der Waals surface area contributed by atoms with Crippen LogP contribution in [0.25, 0.3) is 10.4 Å². The van der Waals surface area contributed by atoms with Crippen molar-refractivity contribution >= 4 is 17.2 Å². The number of aromatic nitrogens is 1. The average molecular weight is 274 g/mol. The molecule has 100 valence electrons. The molecule has 0 radical (unpaired) electrons. The van der Waals surface area contributed by atoms with Gasteiger partial charge in [0.15, 0.2) is 0 Å². The van der Waals surface area contributed by atoms with E-state index in [9.17, 15) is 4.79 Å². The van der Waals surface area contributed by atoms with E-state index in [1.54, 1.807) is 5.51 Å². The van der Waals surface area contributed by atoms with Gasteiger partial charge in [0.1, 0.15) is 5.69 Å². The minimum atomic E-state index is -0.0826. The highest BCUT2D eigenvalue weighted by Gasteiger charge is 2.15. The summed E-state index contributed by atoms with van der Waals surface area (Å²) in [5.41, 5.74) is 3.29. The van der Waals surface area contributed by atoms with Crippen LogP contribution in [-0.4, -0.2) is 17.4 Å². The lowest BCUT2D eigenvalue weighted by molar-refractivity contribution is 0.0948. The van der Waals surface area contributed by atoms with E-state index in [0.717, 1.165) is 16.9 Å². The lowest BCUT2D eigenvalue weighted by atomic mass is 10.1. The third-order valence-corrected chi connectivity index (χ3v) is 3.70. The van der Waals surface area contributed by atoms with Gasteiger partial charge in [0.2, 0.25) is 0 Å². The first-order chi connectivity index (χ1) is 9.18. The Balaban J connectivity index is 2.09. The Morgan fingerprint density at radius 3 is 2.74 bits per heavy atom. The molecule has 0 unspecified atom stereocenters. The summed E-state index contributed by atoms with van der Waals surface area (Å²) in [5.74, 6) is 0.505. The molecule has 1 amide bonds. The van der Waals surface area contributed by atoms with Gasteiger partial charge in [-0.25, -0.2) is 4.98 Å². The lowest BCUT2D eigenvalue weighted by Crippen LogP contribution is -2.26. The van der Waals surface area contributed by atoms with Gasteiger partial charge < -0.3 is 5.32 Å². The maximum Gasteiger partial charge on any atom is 0.271 e. The van der Waals surface area contributed by atoms with E-state index in [1.165, 1.54) is 11.3 Å². The molecule has 0 aliphatic heterocycles. The molecule has 0 fully saturated rings. The number of carbonyl (C=O) groups excluding carboxylic acids is 1. The highest BCUT2D eigenvalue weighted by Crippen LogP contribution is 2.27. The molecule has 0 aliphatic carbocycles. The second-order valence-corrected chi connectivity index (χ2v) is 5.69. The van der Waals surface area contributed by atoms with Crippen LogP contribution in [0, 0.1) is 5.92 Å². The van der Waals surface area contributed by atoms with Crippen LogP contribution in [-0.2, 0) is 0 Å². The van der Waals surface area contributed by atoms with Crippen LogP contribution in [0.2, 0.25) is 0 Å². The van der Waals surface area contributed by atoms with Crippen LogP contribution in [0.15, 0.2) is 35.8 Å². The summed E-state index contributed by atoms with van der Waals surface area (Å²) < 4.78 is 0. The quantitative estimate of drug-likeness (QED) is 0.905. The van der Waals surface area contributed by atoms with Crippen molar-refractivity contribution in [1.29, 1.82) is 0 Å². The minimum Gasteiger partial charge on any atom is -0.351 e. The topological polar surface area (TPSA) is 42.0 Å². The zero-order valence-electron chi connectivity index (χ0n) is 11.2. The molecule has 1 N–H and O–H groups in total. The van der Waals surface area contributed by atoms with Crippen molar-refractivity contribution in [3.8, 4) is 10.4 Å². The number of benzene rings is 1. The van der Waals surface area contributed by atoms with E-state index in [1.807, 2.05) is 30.3 Å². The Kier molecular flexibility index (Phi) is 4.68. The van der Waals surface area contributed by atoms with Crippen molar-refractivity contribution in [3.63, 3.8) is 0 Å². The fourth-order valence-electron chi connectivity index (χ4n) is 1.76. The minimum absolute atomic E-state index is 0.0826. The SMILES string of the molecule is CC(C)CCNC(=O)c1ncsc1-c1ccccc1. The van der Waals surface area contributed by atoms with Crippen molar-refractivity contribution in [1.82, 2.24) is 10.3 Å². The normalized spacial score (nSPS) is 10.7. The first-order valence-electron chi connectivity index (χ1n) is 6.45. The molecule has 19 heavy (non-hydrogen) atoms. The molecule has 0 spiro atoms. The van der Waals surface area contributed by atoms with Gasteiger partial charge in [-0.05, 0) is 17.9 Å². The van der Waals surface area contributed by atoms with Crippen LogP contribution in [0.5, 0.6) is 0 Å². The standard InChI is InChI=1S/C15H18N2OS/c1-11(2)8-9-16-15(18)13-14(19-10-17-13)12-6-4-3-5-7-12/h3-7,10-11H,8-9H2,1-2H3,(H,16,18). The highest BCUT2D eigenvalue weighted by molar-refractivity contribution is 7.13. The fraction of sp³-hybridized carbons (Fsp3) is 0.333. The van der Waals surface area contributed by atoms with Crippen molar-refractivity contribution in [2.75, 3.05) is 6.54 Å². The Morgan fingerprint density at radius 1 is 1.32 bits per heavy atom. The van der Waals surface area contributed by atoms with Crippen molar-refractivity contribution < 1.29 is 4.79 Å². The van der Waals surface area contributed by atoms with Crippen LogP contribution in [0.4, 0.5) is 0 Å². The first kappa shape index (κ1) is 13.7. The van der Waals surface area contributed by atoms with Gasteiger partial charge in [0.25, 0.3) is 5.91 Å². The lowest BCUT2D eigenvalue weighted by Gasteiger charge is -2.07. The van der Waals surface area contributed by atoms with Crippen LogP contribution in [0.1, 0.15) is 30.8 Å². The summed E-state index contributed by atoms with van der Waals surface area (Å²) >= 11 is 1.50. The molecule has 0 bridgehead atoms. The summed E-state index contributed by atoms with van der Waals surface area (Å²) in [7, 11) is 0. The fourth-order valence-corrected chi connectivity index (χ4v) is 2.55. The van der Waals surface area contributed by atoms with E-state index >= 15 is 0 Å². The Labute approximate surface area is 117 Å². The van der Waals surface area contributed by atoms with Crippen molar-refractivity contribution in [2.24, 2.45) is 5.92 Å². The summed E-state index contributed by atoms with van der Waals surface area (Å²) in [4.78, 5) is 17.2. The monoisotopic (exact) mass is 274 g/mol. The maximum absolute atomic E-state index is 12.1. The number of rotatable bonds is 5. The summed E-state index contributed by atoms with van der Waals surface area (Å²) in [6, 6.07) is 9.90. The van der Waals surface area contributed by atoms with Gasteiger partial charge in [-0.1, -0.05) is 44.2 Å². The van der Waals surface area contributed by atoms with E-state index < -0.39 is 0 Å². The third kappa shape index (κ3) is 3.64. The number of carbonyl (C=O) groups is 1. The molecular formula is C15H18N2OS. The Morgan fingerprint density at radius 2 is 2.05 bits per heavy atom. The molecule has 1 heterocycles. The first-order valence-corrected chi connectivity index (χ1v) is 7.33. The van der Waals surface area contributed by atoms with Gasteiger partial charge in [-0.3, -0.25) is 4.79 Å². The second kappa shape index (κ2) is 6.48. The van der Waals surface area contributed by atoms with Gasteiger partial charge in [-0.2, -0.15) is 0 Å². The number of hydrogen-bond donors (Lipinski definition) is 1.